The van der Waals surface area contributed by atoms with Crippen molar-refractivity contribution >= 4 is 11.4 Å². The van der Waals surface area contributed by atoms with Gasteiger partial charge in [0.25, 0.3) is 0 Å². The Kier molecular flexibility index (Phi) is 4.43. The molecule has 0 radical (unpaired) electrons. The predicted molar refractivity (Wildman–Crippen MR) is 97.7 cm³/mol. The largest absolute Gasteiger partial charge is 0.508 e. The van der Waals surface area contributed by atoms with Crippen LogP contribution in [-0.2, 0) is 5.41 Å². The molecule has 1 aliphatic heterocycles. The van der Waals surface area contributed by atoms with E-state index in [0.29, 0.717) is 6.61 Å². The van der Waals surface area contributed by atoms with Crippen LogP contribution in [0, 0.1) is 0 Å². The fraction of sp³-hybridized carbons (Fsp3) is 0.286. The number of hydrogen-bond acceptors (Lipinski definition) is 2. The monoisotopic (exact) mass is 322 g/mol. The number of hydrogen-bond donors (Lipinski definition) is 1. The van der Waals surface area contributed by atoms with Gasteiger partial charge in [-0.25, -0.2) is 0 Å². The maximum absolute atomic E-state index is 9.30. The number of aromatic hydroxyl groups is 1. The van der Waals surface area contributed by atoms with Crippen LogP contribution in [0.1, 0.15) is 25.8 Å². The molecular weight excluding hydrogens is 298 g/mol. The molecule has 0 saturated carbocycles. The summed E-state index contributed by atoms with van der Waals surface area (Å²) in [4.78, 5) is 0. The van der Waals surface area contributed by atoms with E-state index in [2.05, 4.69) is 49.3 Å². The SMILES string of the molecule is C=CC1=[N+](CCCOc2ccc(O)cc2)c2ccccc2C1(C)C. The molecule has 0 amide bonds. The van der Waals surface area contributed by atoms with E-state index in [1.165, 1.54) is 17.0 Å². The fourth-order valence-electron chi connectivity index (χ4n) is 3.40. The first-order chi connectivity index (χ1) is 11.5. The van der Waals surface area contributed by atoms with Crippen molar-refractivity contribution < 1.29 is 14.4 Å². The van der Waals surface area contributed by atoms with Gasteiger partial charge in [-0.3, -0.25) is 0 Å². The standard InChI is InChI=1S/C21H23NO2/c1-4-20-21(2,3)18-8-5-6-9-19(18)22(20)14-7-15-24-17-12-10-16(23)11-13-17/h4-6,8-13H,1,7,14-15H2,2-3H3/p+1. The Morgan fingerprint density at radius 1 is 1.12 bits per heavy atom. The van der Waals surface area contributed by atoms with Gasteiger partial charge >= 0.3 is 0 Å². The summed E-state index contributed by atoms with van der Waals surface area (Å²) in [5.41, 5.74) is 3.84. The number of phenols is 1. The third-order valence-corrected chi connectivity index (χ3v) is 4.62. The number of allylic oxidation sites excluding steroid dienone is 1. The minimum Gasteiger partial charge on any atom is -0.508 e. The molecule has 124 valence electrons. The van der Waals surface area contributed by atoms with Gasteiger partial charge < -0.3 is 9.84 Å². The topological polar surface area (TPSA) is 32.5 Å². The Balaban J connectivity index is 1.69. The van der Waals surface area contributed by atoms with Gasteiger partial charge in [0, 0.05) is 18.1 Å². The van der Waals surface area contributed by atoms with E-state index in [0.717, 1.165) is 18.7 Å². The van der Waals surface area contributed by atoms with Gasteiger partial charge in [-0.15, -0.1) is 0 Å². The highest BCUT2D eigenvalue weighted by molar-refractivity contribution is 6.02. The second kappa shape index (κ2) is 6.52. The van der Waals surface area contributed by atoms with Gasteiger partial charge in [-0.05, 0) is 44.2 Å². The lowest BCUT2D eigenvalue weighted by molar-refractivity contribution is -0.438. The molecule has 3 nitrogen and oxygen atoms in total. The van der Waals surface area contributed by atoms with Gasteiger partial charge in [0.1, 0.15) is 11.5 Å². The van der Waals surface area contributed by atoms with Crippen LogP contribution in [0.5, 0.6) is 11.5 Å². The van der Waals surface area contributed by atoms with E-state index in [9.17, 15) is 5.11 Å². The minimum absolute atomic E-state index is 0.0177. The molecule has 0 fully saturated rings. The van der Waals surface area contributed by atoms with Crippen molar-refractivity contribution in [3.05, 3.63) is 66.7 Å². The Labute approximate surface area is 143 Å². The lowest BCUT2D eigenvalue weighted by Crippen LogP contribution is -2.27. The first-order valence-corrected chi connectivity index (χ1v) is 8.33. The molecule has 2 aromatic rings. The first-order valence-electron chi connectivity index (χ1n) is 8.33. The Hall–Kier alpha value is -2.55. The smallest absolute Gasteiger partial charge is 0.209 e. The average Bonchev–Trinajstić information content (AvgIpc) is 2.80. The van der Waals surface area contributed by atoms with E-state index in [1.54, 1.807) is 24.3 Å². The van der Waals surface area contributed by atoms with Crippen molar-refractivity contribution in [3.8, 4) is 11.5 Å². The molecular formula is C21H24NO2+. The summed E-state index contributed by atoms with van der Waals surface area (Å²) in [5, 5.41) is 9.30. The van der Waals surface area contributed by atoms with Crippen molar-refractivity contribution in [1.29, 1.82) is 0 Å². The predicted octanol–water partition coefficient (Wildman–Crippen LogP) is 4.42. The van der Waals surface area contributed by atoms with Crippen LogP contribution in [-0.4, -0.2) is 28.5 Å². The molecule has 0 saturated heterocycles. The van der Waals surface area contributed by atoms with Crippen LogP contribution in [0.25, 0.3) is 0 Å². The van der Waals surface area contributed by atoms with E-state index >= 15 is 0 Å². The van der Waals surface area contributed by atoms with Crippen LogP contribution < -0.4 is 4.74 Å². The fourth-order valence-corrected chi connectivity index (χ4v) is 3.40. The third kappa shape index (κ3) is 2.94. The summed E-state index contributed by atoms with van der Waals surface area (Å²) in [7, 11) is 0. The lowest BCUT2D eigenvalue weighted by atomic mass is 9.82. The number of ether oxygens (including phenoxy) is 1. The van der Waals surface area contributed by atoms with Crippen LogP contribution in [0.15, 0.2) is 61.2 Å². The zero-order valence-corrected chi connectivity index (χ0v) is 14.3. The van der Waals surface area contributed by atoms with Gasteiger partial charge in [0.2, 0.25) is 5.69 Å². The molecule has 24 heavy (non-hydrogen) atoms. The molecule has 3 heteroatoms. The van der Waals surface area contributed by atoms with Gasteiger partial charge in [0.15, 0.2) is 12.3 Å². The van der Waals surface area contributed by atoms with Crippen molar-refractivity contribution in [2.45, 2.75) is 25.7 Å². The van der Waals surface area contributed by atoms with Crippen molar-refractivity contribution in [2.24, 2.45) is 0 Å². The highest BCUT2D eigenvalue weighted by atomic mass is 16.5. The number of rotatable bonds is 6. The van der Waals surface area contributed by atoms with Crippen LogP contribution in [0.4, 0.5) is 5.69 Å². The average molecular weight is 322 g/mol. The molecule has 1 heterocycles. The zero-order chi connectivity index (χ0) is 17.2. The number of para-hydroxylation sites is 1. The molecule has 0 atom stereocenters. The molecule has 1 aliphatic rings. The molecule has 0 aliphatic carbocycles. The van der Waals surface area contributed by atoms with Crippen molar-refractivity contribution in [1.82, 2.24) is 0 Å². The number of phenolic OH excluding ortho intramolecular Hbond substituents is 1. The maximum Gasteiger partial charge on any atom is 0.209 e. The molecule has 0 spiro atoms. The van der Waals surface area contributed by atoms with Gasteiger partial charge in [0.05, 0.1) is 12.0 Å². The highest BCUT2D eigenvalue weighted by Crippen LogP contribution is 2.39. The summed E-state index contributed by atoms with van der Waals surface area (Å²) in [5.74, 6) is 1.03. The van der Waals surface area contributed by atoms with E-state index in [1.807, 2.05) is 6.08 Å². The molecule has 0 bridgehead atoms. The van der Waals surface area contributed by atoms with Gasteiger partial charge in [-0.2, -0.15) is 4.58 Å². The third-order valence-electron chi connectivity index (χ3n) is 4.62. The second-order valence-corrected chi connectivity index (χ2v) is 6.58. The van der Waals surface area contributed by atoms with Crippen LogP contribution in [0.2, 0.25) is 0 Å². The lowest BCUT2D eigenvalue weighted by Gasteiger charge is -2.14. The second-order valence-electron chi connectivity index (χ2n) is 6.58. The van der Waals surface area contributed by atoms with Crippen molar-refractivity contribution in [3.63, 3.8) is 0 Å². The van der Waals surface area contributed by atoms with Crippen LogP contribution in [0.3, 0.4) is 0 Å². The van der Waals surface area contributed by atoms with E-state index < -0.39 is 0 Å². The Morgan fingerprint density at radius 3 is 2.54 bits per heavy atom. The molecule has 2 aromatic carbocycles. The molecule has 1 N–H and O–H groups in total. The first kappa shape index (κ1) is 16.3. The number of benzene rings is 2. The highest BCUT2D eigenvalue weighted by Gasteiger charge is 2.43. The summed E-state index contributed by atoms with van der Waals surface area (Å²) in [6.45, 7) is 10.0. The molecule has 0 aromatic heterocycles. The molecule has 0 unspecified atom stereocenters. The number of nitrogens with zero attached hydrogens (tertiary/aromatic N) is 1. The Morgan fingerprint density at radius 2 is 1.83 bits per heavy atom. The van der Waals surface area contributed by atoms with E-state index in [4.69, 9.17) is 4.74 Å². The summed E-state index contributed by atoms with van der Waals surface area (Å²) >= 11 is 0. The van der Waals surface area contributed by atoms with Crippen molar-refractivity contribution in [2.75, 3.05) is 13.2 Å². The minimum atomic E-state index is -0.0177. The summed E-state index contributed by atoms with van der Waals surface area (Å²) in [6, 6.07) is 15.4. The van der Waals surface area contributed by atoms with Crippen LogP contribution >= 0.6 is 0 Å². The summed E-state index contributed by atoms with van der Waals surface area (Å²) in [6.07, 6.45) is 2.88. The van der Waals surface area contributed by atoms with Gasteiger partial charge in [-0.1, -0.05) is 24.8 Å². The quantitative estimate of drug-likeness (QED) is 0.630. The van der Waals surface area contributed by atoms with E-state index in [-0.39, 0.29) is 11.2 Å². The zero-order valence-electron chi connectivity index (χ0n) is 14.3. The maximum atomic E-state index is 9.30. The number of fused-ring (bicyclic) bond motifs is 1. The molecule has 3 rings (SSSR count). The normalized spacial score (nSPS) is 15.2. The Bertz CT molecular complexity index is 773. The summed E-state index contributed by atoms with van der Waals surface area (Å²) < 4.78 is 8.11.